The van der Waals surface area contributed by atoms with Gasteiger partial charge in [-0.25, -0.2) is 0 Å². The molecule has 104 valence electrons. The van der Waals surface area contributed by atoms with Crippen LogP contribution < -0.4 is 5.32 Å². The molecule has 0 saturated heterocycles. The molecular formula is C16H24N2O. The van der Waals surface area contributed by atoms with Crippen molar-refractivity contribution in [2.75, 3.05) is 19.4 Å². The summed E-state index contributed by atoms with van der Waals surface area (Å²) in [5, 5.41) is 3.60. The third-order valence-corrected chi connectivity index (χ3v) is 4.14. The van der Waals surface area contributed by atoms with E-state index in [1.54, 1.807) is 19.0 Å². The van der Waals surface area contributed by atoms with Crippen molar-refractivity contribution >= 4 is 11.6 Å². The number of carbonyl (C=O) groups excluding carboxylic acids is 1. The number of carbonyl (C=O) groups is 1. The number of hydrogen-bond donors (Lipinski definition) is 1. The van der Waals surface area contributed by atoms with Gasteiger partial charge in [-0.3, -0.25) is 4.79 Å². The van der Waals surface area contributed by atoms with E-state index in [0.717, 1.165) is 11.3 Å². The van der Waals surface area contributed by atoms with Crippen LogP contribution in [0.15, 0.2) is 24.3 Å². The number of nitrogens with zero attached hydrogens (tertiary/aromatic N) is 1. The van der Waals surface area contributed by atoms with Gasteiger partial charge in [0.05, 0.1) is 0 Å². The Morgan fingerprint density at radius 3 is 2.37 bits per heavy atom. The Kier molecular flexibility index (Phi) is 3.83. The third-order valence-electron chi connectivity index (χ3n) is 4.14. The summed E-state index contributed by atoms with van der Waals surface area (Å²) in [4.78, 5) is 13.4. The second-order valence-corrected chi connectivity index (χ2v) is 6.35. The summed E-state index contributed by atoms with van der Waals surface area (Å²) in [6, 6.07) is 8.33. The molecular weight excluding hydrogens is 236 g/mol. The monoisotopic (exact) mass is 260 g/mol. The zero-order chi connectivity index (χ0) is 14.0. The van der Waals surface area contributed by atoms with Crippen molar-refractivity contribution in [2.24, 2.45) is 5.41 Å². The lowest BCUT2D eigenvalue weighted by Crippen LogP contribution is -2.30. The number of benzene rings is 1. The van der Waals surface area contributed by atoms with Crippen molar-refractivity contribution in [2.45, 2.75) is 39.2 Å². The summed E-state index contributed by atoms with van der Waals surface area (Å²) in [6.45, 7) is 4.64. The van der Waals surface area contributed by atoms with Gasteiger partial charge in [-0.15, -0.1) is 0 Å². The van der Waals surface area contributed by atoms with Crippen LogP contribution in [0.5, 0.6) is 0 Å². The lowest BCUT2D eigenvalue weighted by Gasteiger charge is -2.28. The highest BCUT2D eigenvalue weighted by Gasteiger charge is 2.34. The highest BCUT2D eigenvalue weighted by molar-refractivity contribution is 5.94. The van der Waals surface area contributed by atoms with Gasteiger partial charge in [0, 0.05) is 31.4 Å². The molecule has 1 aromatic carbocycles. The molecule has 0 bridgehead atoms. The highest BCUT2D eigenvalue weighted by Crippen LogP contribution is 2.38. The van der Waals surface area contributed by atoms with Crippen LogP contribution in [-0.4, -0.2) is 30.9 Å². The Morgan fingerprint density at radius 2 is 1.89 bits per heavy atom. The smallest absolute Gasteiger partial charge is 0.253 e. The van der Waals surface area contributed by atoms with Crippen LogP contribution in [0.3, 0.4) is 0 Å². The fourth-order valence-corrected chi connectivity index (χ4v) is 2.76. The van der Waals surface area contributed by atoms with Crippen molar-refractivity contribution in [1.82, 2.24) is 4.90 Å². The first-order chi connectivity index (χ1) is 8.90. The number of rotatable bonds is 3. The van der Waals surface area contributed by atoms with E-state index in [4.69, 9.17) is 0 Å². The van der Waals surface area contributed by atoms with Gasteiger partial charge in [-0.1, -0.05) is 20.3 Å². The first-order valence-corrected chi connectivity index (χ1v) is 6.98. The third kappa shape index (κ3) is 3.09. The fourth-order valence-electron chi connectivity index (χ4n) is 2.76. The summed E-state index contributed by atoms with van der Waals surface area (Å²) >= 11 is 0. The first kappa shape index (κ1) is 13.9. The van der Waals surface area contributed by atoms with Crippen LogP contribution in [-0.2, 0) is 0 Å². The molecule has 1 aliphatic rings. The van der Waals surface area contributed by atoms with Crippen LogP contribution in [0, 0.1) is 5.41 Å². The molecule has 2 rings (SSSR count). The van der Waals surface area contributed by atoms with E-state index >= 15 is 0 Å². The highest BCUT2D eigenvalue weighted by atomic mass is 16.2. The van der Waals surface area contributed by atoms with Crippen molar-refractivity contribution in [3.8, 4) is 0 Å². The summed E-state index contributed by atoms with van der Waals surface area (Å²) < 4.78 is 0. The van der Waals surface area contributed by atoms with Crippen LogP contribution >= 0.6 is 0 Å². The minimum atomic E-state index is 0.0488. The molecule has 19 heavy (non-hydrogen) atoms. The largest absolute Gasteiger partial charge is 0.382 e. The van der Waals surface area contributed by atoms with E-state index in [2.05, 4.69) is 19.2 Å². The lowest BCUT2D eigenvalue weighted by molar-refractivity contribution is 0.0827. The molecule has 1 saturated carbocycles. The molecule has 1 aromatic rings. The number of amides is 1. The average Bonchev–Trinajstić information content (AvgIpc) is 2.69. The van der Waals surface area contributed by atoms with Crippen LogP contribution in [0.4, 0.5) is 5.69 Å². The summed E-state index contributed by atoms with van der Waals surface area (Å²) in [7, 11) is 3.55. The van der Waals surface area contributed by atoms with Gasteiger partial charge in [-0.05, 0) is 42.5 Å². The molecule has 1 unspecified atom stereocenters. The van der Waals surface area contributed by atoms with Crippen molar-refractivity contribution in [1.29, 1.82) is 0 Å². The molecule has 0 heterocycles. The number of nitrogens with one attached hydrogen (secondary N) is 1. The molecule has 0 aromatic heterocycles. The van der Waals surface area contributed by atoms with E-state index < -0.39 is 0 Å². The second-order valence-electron chi connectivity index (χ2n) is 6.35. The van der Waals surface area contributed by atoms with Crippen LogP contribution in [0.1, 0.15) is 43.5 Å². The Labute approximate surface area is 116 Å². The van der Waals surface area contributed by atoms with Crippen LogP contribution in [0.2, 0.25) is 0 Å². The Balaban J connectivity index is 2.05. The summed E-state index contributed by atoms with van der Waals surface area (Å²) in [5.41, 5.74) is 2.20. The van der Waals surface area contributed by atoms with E-state index in [9.17, 15) is 4.79 Å². The van der Waals surface area contributed by atoms with Gasteiger partial charge in [0.15, 0.2) is 0 Å². The van der Waals surface area contributed by atoms with E-state index in [0.29, 0.717) is 11.5 Å². The molecule has 3 nitrogen and oxygen atoms in total. The van der Waals surface area contributed by atoms with Crippen molar-refractivity contribution in [3.05, 3.63) is 29.8 Å². The van der Waals surface area contributed by atoms with E-state index in [1.807, 2.05) is 24.3 Å². The van der Waals surface area contributed by atoms with E-state index in [-0.39, 0.29) is 5.91 Å². The van der Waals surface area contributed by atoms with E-state index in [1.165, 1.54) is 19.3 Å². The Bertz CT molecular complexity index is 448. The Hall–Kier alpha value is -1.51. The average molecular weight is 260 g/mol. The number of hydrogen-bond acceptors (Lipinski definition) is 2. The summed E-state index contributed by atoms with van der Waals surface area (Å²) in [5.74, 6) is 0.0488. The Morgan fingerprint density at radius 1 is 1.26 bits per heavy atom. The predicted octanol–water partition coefficient (Wildman–Crippen LogP) is 3.38. The zero-order valence-electron chi connectivity index (χ0n) is 12.4. The molecule has 0 aliphatic heterocycles. The SMILES string of the molecule is CN(C)C(=O)c1ccc(NC2CCCC2(C)C)cc1. The zero-order valence-corrected chi connectivity index (χ0v) is 12.4. The van der Waals surface area contributed by atoms with Crippen molar-refractivity contribution in [3.63, 3.8) is 0 Å². The van der Waals surface area contributed by atoms with Gasteiger partial charge in [0.25, 0.3) is 5.91 Å². The summed E-state index contributed by atoms with van der Waals surface area (Å²) in [6.07, 6.45) is 3.80. The molecule has 3 heteroatoms. The maximum Gasteiger partial charge on any atom is 0.253 e. The van der Waals surface area contributed by atoms with Crippen molar-refractivity contribution < 1.29 is 4.79 Å². The first-order valence-electron chi connectivity index (χ1n) is 6.98. The molecule has 0 spiro atoms. The molecule has 1 atom stereocenters. The maximum absolute atomic E-state index is 11.8. The van der Waals surface area contributed by atoms with Gasteiger partial charge in [0.2, 0.25) is 0 Å². The minimum Gasteiger partial charge on any atom is -0.382 e. The normalized spacial score (nSPS) is 21.2. The van der Waals surface area contributed by atoms with Gasteiger partial charge in [-0.2, -0.15) is 0 Å². The fraction of sp³-hybridized carbons (Fsp3) is 0.562. The van der Waals surface area contributed by atoms with Gasteiger partial charge in [0.1, 0.15) is 0 Å². The lowest BCUT2D eigenvalue weighted by atomic mass is 9.87. The molecule has 1 aliphatic carbocycles. The molecule has 1 fully saturated rings. The number of anilines is 1. The molecule has 1 N–H and O–H groups in total. The van der Waals surface area contributed by atoms with Gasteiger partial charge >= 0.3 is 0 Å². The van der Waals surface area contributed by atoms with Crippen LogP contribution in [0.25, 0.3) is 0 Å². The predicted molar refractivity (Wildman–Crippen MR) is 79.5 cm³/mol. The second kappa shape index (κ2) is 5.24. The van der Waals surface area contributed by atoms with Gasteiger partial charge < -0.3 is 10.2 Å². The maximum atomic E-state index is 11.8. The minimum absolute atomic E-state index is 0.0488. The quantitative estimate of drug-likeness (QED) is 0.903. The molecule has 0 radical (unpaired) electrons. The topological polar surface area (TPSA) is 32.3 Å². The molecule has 1 amide bonds. The standard InChI is InChI=1S/C16H24N2O/c1-16(2)11-5-6-14(16)17-13-9-7-12(8-10-13)15(19)18(3)4/h7-10,14,17H,5-6,11H2,1-4H3.